The Balaban J connectivity index is 1.51. The lowest BCUT2D eigenvalue weighted by Gasteiger charge is -2.46. The summed E-state index contributed by atoms with van der Waals surface area (Å²) in [5.74, 6) is 0.960. The lowest BCUT2D eigenvalue weighted by molar-refractivity contribution is -0.138. The molecule has 3 saturated heterocycles. The van der Waals surface area contributed by atoms with Crippen molar-refractivity contribution in [2.45, 2.75) is 37.8 Å². The normalized spacial score (nSPS) is 35.6. The summed E-state index contributed by atoms with van der Waals surface area (Å²) in [7, 11) is 2.23. The predicted molar refractivity (Wildman–Crippen MR) is 77.6 cm³/mol. The minimum atomic E-state index is 0.0722. The van der Waals surface area contributed by atoms with Crippen molar-refractivity contribution in [1.82, 2.24) is 15.1 Å². The van der Waals surface area contributed by atoms with Crippen LogP contribution in [-0.2, 0) is 9.53 Å². The molecule has 0 aromatic heterocycles. The van der Waals surface area contributed by atoms with Gasteiger partial charge < -0.3 is 19.9 Å². The molecule has 20 heavy (non-hydrogen) atoms. The summed E-state index contributed by atoms with van der Waals surface area (Å²) in [6.45, 7) is 5.54. The van der Waals surface area contributed by atoms with Gasteiger partial charge in [0.1, 0.15) is 0 Å². The van der Waals surface area contributed by atoms with E-state index in [2.05, 4.69) is 22.2 Å². The average molecular weight is 281 g/mol. The Labute approximate surface area is 121 Å². The molecule has 1 amide bonds. The molecule has 0 aliphatic carbocycles. The van der Waals surface area contributed by atoms with Crippen LogP contribution in [-0.4, -0.2) is 74.2 Å². The van der Waals surface area contributed by atoms with Crippen molar-refractivity contribution >= 4 is 5.91 Å². The Morgan fingerprint density at radius 1 is 1.35 bits per heavy atom. The van der Waals surface area contributed by atoms with E-state index < -0.39 is 0 Å². The van der Waals surface area contributed by atoms with Gasteiger partial charge in [0.25, 0.3) is 0 Å². The molecule has 0 aromatic carbocycles. The van der Waals surface area contributed by atoms with Crippen molar-refractivity contribution in [2.24, 2.45) is 5.92 Å². The predicted octanol–water partition coefficient (Wildman–Crippen LogP) is 0.308. The Hall–Kier alpha value is -0.650. The first-order valence-corrected chi connectivity index (χ1v) is 8.04. The highest BCUT2D eigenvalue weighted by molar-refractivity contribution is 5.76. The SMILES string of the molecule is CN1CCCC2CN(C(=O)CC3CNCCO3)CCC21. The van der Waals surface area contributed by atoms with Gasteiger partial charge >= 0.3 is 0 Å². The zero-order chi connectivity index (χ0) is 13.9. The van der Waals surface area contributed by atoms with Crippen LogP contribution in [0.1, 0.15) is 25.7 Å². The van der Waals surface area contributed by atoms with Gasteiger partial charge in [-0.2, -0.15) is 0 Å². The second-order valence-corrected chi connectivity index (χ2v) is 6.48. The molecule has 1 N–H and O–H groups in total. The third-order valence-electron chi connectivity index (χ3n) is 5.11. The molecule has 0 saturated carbocycles. The number of amides is 1. The number of rotatable bonds is 2. The molecule has 3 aliphatic rings. The zero-order valence-electron chi connectivity index (χ0n) is 12.5. The Kier molecular flexibility index (Phi) is 4.58. The fourth-order valence-corrected chi connectivity index (χ4v) is 3.95. The third-order valence-corrected chi connectivity index (χ3v) is 5.11. The van der Waals surface area contributed by atoms with Gasteiger partial charge in [-0.25, -0.2) is 0 Å². The van der Waals surface area contributed by atoms with Gasteiger partial charge in [0.2, 0.25) is 5.91 Å². The van der Waals surface area contributed by atoms with Crippen LogP contribution < -0.4 is 5.32 Å². The van der Waals surface area contributed by atoms with Crippen molar-refractivity contribution in [3.8, 4) is 0 Å². The minimum Gasteiger partial charge on any atom is -0.375 e. The quantitative estimate of drug-likeness (QED) is 0.791. The maximum Gasteiger partial charge on any atom is 0.225 e. The molecule has 3 fully saturated rings. The summed E-state index contributed by atoms with van der Waals surface area (Å²) in [6.07, 6.45) is 4.30. The molecule has 0 aromatic rings. The van der Waals surface area contributed by atoms with E-state index in [9.17, 15) is 4.79 Å². The molecule has 3 rings (SSSR count). The van der Waals surface area contributed by atoms with Crippen molar-refractivity contribution < 1.29 is 9.53 Å². The first-order chi connectivity index (χ1) is 9.74. The third kappa shape index (κ3) is 3.15. The standard InChI is InChI=1S/C15H27N3O2/c1-17-6-2-3-12-11-18(7-4-14(12)17)15(19)9-13-10-16-5-8-20-13/h12-14,16H,2-11H2,1H3. The van der Waals surface area contributed by atoms with E-state index >= 15 is 0 Å². The number of morpholine rings is 1. The molecular formula is C15H27N3O2. The minimum absolute atomic E-state index is 0.0722. The molecular weight excluding hydrogens is 254 g/mol. The van der Waals surface area contributed by atoms with Crippen LogP contribution in [0.2, 0.25) is 0 Å². The number of fused-ring (bicyclic) bond motifs is 1. The number of likely N-dealkylation sites (tertiary alicyclic amines) is 2. The molecule has 5 nitrogen and oxygen atoms in total. The first-order valence-electron chi connectivity index (χ1n) is 8.04. The largest absolute Gasteiger partial charge is 0.375 e. The van der Waals surface area contributed by atoms with Gasteiger partial charge in [0, 0.05) is 32.2 Å². The van der Waals surface area contributed by atoms with E-state index in [1.165, 1.54) is 19.4 Å². The smallest absolute Gasteiger partial charge is 0.225 e. The summed E-state index contributed by atoms with van der Waals surface area (Å²) in [4.78, 5) is 17.0. The van der Waals surface area contributed by atoms with Crippen LogP contribution in [0, 0.1) is 5.92 Å². The molecule has 0 bridgehead atoms. The molecule has 0 radical (unpaired) electrons. The topological polar surface area (TPSA) is 44.8 Å². The average Bonchev–Trinajstić information content (AvgIpc) is 2.48. The fourth-order valence-electron chi connectivity index (χ4n) is 3.95. The van der Waals surface area contributed by atoms with Crippen LogP contribution in [0.5, 0.6) is 0 Å². The maximum absolute atomic E-state index is 12.4. The van der Waals surface area contributed by atoms with Crippen LogP contribution in [0.15, 0.2) is 0 Å². The molecule has 3 heterocycles. The summed E-state index contributed by atoms with van der Waals surface area (Å²) >= 11 is 0. The summed E-state index contributed by atoms with van der Waals surface area (Å²) in [5, 5.41) is 3.29. The van der Waals surface area contributed by atoms with E-state index in [1.54, 1.807) is 0 Å². The second kappa shape index (κ2) is 6.41. The van der Waals surface area contributed by atoms with E-state index in [-0.39, 0.29) is 12.0 Å². The Bertz CT molecular complexity index is 344. The van der Waals surface area contributed by atoms with Crippen molar-refractivity contribution in [2.75, 3.05) is 46.4 Å². The number of hydrogen-bond donors (Lipinski definition) is 1. The molecule has 3 atom stereocenters. The highest BCUT2D eigenvalue weighted by Crippen LogP contribution is 2.29. The van der Waals surface area contributed by atoms with Crippen LogP contribution in [0.25, 0.3) is 0 Å². The molecule has 114 valence electrons. The number of piperidine rings is 2. The maximum atomic E-state index is 12.4. The van der Waals surface area contributed by atoms with Gasteiger partial charge in [-0.3, -0.25) is 4.79 Å². The number of ether oxygens (including phenoxy) is 1. The Morgan fingerprint density at radius 2 is 2.25 bits per heavy atom. The van der Waals surface area contributed by atoms with Crippen LogP contribution >= 0.6 is 0 Å². The van der Waals surface area contributed by atoms with Gasteiger partial charge in [0.05, 0.1) is 19.1 Å². The van der Waals surface area contributed by atoms with Crippen molar-refractivity contribution in [3.05, 3.63) is 0 Å². The van der Waals surface area contributed by atoms with E-state index in [1.807, 2.05) is 0 Å². The van der Waals surface area contributed by atoms with Crippen LogP contribution in [0.3, 0.4) is 0 Å². The first kappa shape index (κ1) is 14.3. The lowest BCUT2D eigenvalue weighted by atomic mass is 9.84. The van der Waals surface area contributed by atoms with Gasteiger partial charge in [-0.1, -0.05) is 0 Å². The van der Waals surface area contributed by atoms with E-state index in [0.29, 0.717) is 18.4 Å². The number of nitrogens with one attached hydrogen (secondary N) is 1. The van der Waals surface area contributed by atoms with Gasteiger partial charge in [-0.05, 0) is 38.8 Å². The zero-order valence-corrected chi connectivity index (χ0v) is 12.5. The summed E-state index contributed by atoms with van der Waals surface area (Å²) in [5.41, 5.74) is 0. The number of carbonyl (C=O) groups is 1. The summed E-state index contributed by atoms with van der Waals surface area (Å²) in [6, 6.07) is 0.695. The van der Waals surface area contributed by atoms with E-state index in [4.69, 9.17) is 4.74 Å². The molecule has 3 unspecified atom stereocenters. The summed E-state index contributed by atoms with van der Waals surface area (Å²) < 4.78 is 5.64. The highest BCUT2D eigenvalue weighted by Gasteiger charge is 2.36. The van der Waals surface area contributed by atoms with E-state index in [0.717, 1.165) is 39.2 Å². The molecule has 5 heteroatoms. The highest BCUT2D eigenvalue weighted by atomic mass is 16.5. The van der Waals surface area contributed by atoms with Gasteiger partial charge in [-0.15, -0.1) is 0 Å². The number of carbonyl (C=O) groups excluding carboxylic acids is 1. The van der Waals surface area contributed by atoms with Crippen molar-refractivity contribution in [1.29, 1.82) is 0 Å². The van der Waals surface area contributed by atoms with Crippen LogP contribution in [0.4, 0.5) is 0 Å². The number of hydrogen-bond acceptors (Lipinski definition) is 4. The monoisotopic (exact) mass is 281 g/mol. The molecule has 3 aliphatic heterocycles. The number of nitrogens with zero attached hydrogens (tertiary/aromatic N) is 2. The van der Waals surface area contributed by atoms with Gasteiger partial charge in [0.15, 0.2) is 0 Å². The lowest BCUT2D eigenvalue weighted by Crippen LogP contribution is -2.54. The van der Waals surface area contributed by atoms with Crippen molar-refractivity contribution in [3.63, 3.8) is 0 Å². The Morgan fingerprint density at radius 3 is 3.05 bits per heavy atom. The second-order valence-electron chi connectivity index (χ2n) is 6.48. The fraction of sp³-hybridized carbons (Fsp3) is 0.933. The molecule has 0 spiro atoms.